The normalized spacial score (nSPS) is 11.8. The van der Waals surface area contributed by atoms with Gasteiger partial charge in [0.05, 0.1) is 0 Å². The summed E-state index contributed by atoms with van der Waals surface area (Å²) in [6.07, 6.45) is 5.18. The number of hydrogen-bond acceptors (Lipinski definition) is 2. The Morgan fingerprint density at radius 3 is 2.54 bits per heavy atom. The molecule has 0 aromatic heterocycles. The van der Waals surface area contributed by atoms with Gasteiger partial charge in [-0.05, 0) is 12.3 Å². The molecule has 2 N–H and O–H groups in total. The molecule has 0 amide bonds. The molecule has 0 bridgehead atoms. The second kappa shape index (κ2) is 11.3. The zero-order valence-corrected chi connectivity index (χ0v) is 12.6. The topological polar surface area (TPSA) is 26.0 Å². The summed E-state index contributed by atoms with van der Waals surface area (Å²) in [5.74, 6) is 1.91. The quantitative estimate of drug-likeness (QED) is 0.524. The van der Waals surface area contributed by atoms with E-state index in [-0.39, 0.29) is 31.0 Å². The monoisotopic (exact) mass is 229 g/mol. The first-order valence-electron chi connectivity index (χ1n) is 4.62. The van der Waals surface area contributed by atoms with Crippen molar-refractivity contribution < 1.29 is 31.0 Å². The van der Waals surface area contributed by atoms with E-state index in [1.165, 1.54) is 25.7 Å². The molecule has 13 heavy (non-hydrogen) atoms. The van der Waals surface area contributed by atoms with E-state index < -0.39 is 0 Å². The van der Waals surface area contributed by atoms with Gasteiger partial charge in [0.15, 0.2) is 0 Å². The van der Waals surface area contributed by atoms with Gasteiger partial charge in [-0.15, -0.1) is 0 Å². The molecule has 1 atom stereocenters. The van der Waals surface area contributed by atoms with Crippen LogP contribution in [0.25, 0.3) is 0 Å². The Kier molecular flexibility index (Phi) is 14.5. The third-order valence-electron chi connectivity index (χ3n) is 2.00. The van der Waals surface area contributed by atoms with Crippen molar-refractivity contribution >= 4 is 28.3 Å². The van der Waals surface area contributed by atoms with Crippen LogP contribution < -0.4 is 35.3 Å². The maximum Gasteiger partial charge on any atom is 1.00 e. The van der Waals surface area contributed by atoms with E-state index in [0.717, 1.165) is 11.7 Å². The zero-order valence-electron chi connectivity index (χ0n) is 10.0. The van der Waals surface area contributed by atoms with E-state index in [9.17, 15) is 0 Å². The standard InChI is InChI=1S/C9H19NS2.Na.H/c1-3-5-6-8(4-2)7-12-9(10)11;;/h8H,3-7H2,1-2H3,(H2,10,11);;/q;+1;-1. The Bertz CT molecular complexity index is 136. The summed E-state index contributed by atoms with van der Waals surface area (Å²) < 4.78 is 0.588. The molecule has 0 fully saturated rings. The fourth-order valence-corrected chi connectivity index (χ4v) is 2.10. The molecule has 0 aliphatic carbocycles. The minimum atomic E-state index is 0. The van der Waals surface area contributed by atoms with Crippen LogP contribution in [0.5, 0.6) is 0 Å². The van der Waals surface area contributed by atoms with Crippen LogP contribution in [0.1, 0.15) is 41.0 Å². The number of hydrogen-bond donors (Lipinski definition) is 1. The fourth-order valence-electron chi connectivity index (χ4n) is 1.10. The van der Waals surface area contributed by atoms with Crippen LogP contribution in [0.3, 0.4) is 0 Å². The van der Waals surface area contributed by atoms with Crippen molar-refractivity contribution in [3.8, 4) is 0 Å². The van der Waals surface area contributed by atoms with Crippen LogP contribution in [0, 0.1) is 5.92 Å². The molecule has 0 saturated heterocycles. The molecule has 0 rings (SSSR count). The van der Waals surface area contributed by atoms with Crippen molar-refractivity contribution in [2.45, 2.75) is 39.5 Å². The summed E-state index contributed by atoms with van der Waals surface area (Å²) >= 11 is 6.44. The van der Waals surface area contributed by atoms with Crippen LogP contribution in [0.2, 0.25) is 0 Å². The summed E-state index contributed by atoms with van der Waals surface area (Å²) in [6, 6.07) is 0. The van der Waals surface area contributed by atoms with E-state index in [2.05, 4.69) is 13.8 Å². The molecule has 0 aromatic carbocycles. The molecule has 0 aromatic rings. The van der Waals surface area contributed by atoms with E-state index in [4.69, 9.17) is 18.0 Å². The second-order valence-corrected chi connectivity index (χ2v) is 4.81. The Balaban J connectivity index is -0.000000605. The summed E-state index contributed by atoms with van der Waals surface area (Å²) in [6.45, 7) is 4.47. The van der Waals surface area contributed by atoms with Crippen molar-refractivity contribution in [3.05, 3.63) is 0 Å². The predicted octanol–water partition coefficient (Wildman–Crippen LogP) is 0.296. The predicted molar refractivity (Wildman–Crippen MR) is 63.7 cm³/mol. The summed E-state index contributed by atoms with van der Waals surface area (Å²) in [4.78, 5) is 0. The van der Waals surface area contributed by atoms with Gasteiger partial charge in [-0.1, -0.05) is 57.1 Å². The average Bonchev–Trinajstić information content (AvgIpc) is 2.05. The molecule has 0 spiro atoms. The maximum absolute atomic E-state index is 5.42. The van der Waals surface area contributed by atoms with Gasteiger partial charge in [0.25, 0.3) is 0 Å². The van der Waals surface area contributed by atoms with E-state index >= 15 is 0 Å². The number of unbranched alkanes of at least 4 members (excludes halogenated alkanes) is 1. The van der Waals surface area contributed by atoms with Crippen molar-refractivity contribution in [3.63, 3.8) is 0 Å². The first kappa shape index (κ1) is 16.7. The van der Waals surface area contributed by atoms with Gasteiger partial charge in [0, 0.05) is 5.75 Å². The number of nitrogens with two attached hydrogens (primary N) is 1. The Morgan fingerprint density at radius 2 is 2.15 bits per heavy atom. The van der Waals surface area contributed by atoms with Gasteiger partial charge in [-0.25, -0.2) is 0 Å². The minimum Gasteiger partial charge on any atom is -1.00 e. The maximum atomic E-state index is 5.42. The minimum absolute atomic E-state index is 0. The van der Waals surface area contributed by atoms with Crippen molar-refractivity contribution in [1.29, 1.82) is 0 Å². The molecule has 74 valence electrons. The number of thioether (sulfide) groups is 1. The molecule has 1 unspecified atom stereocenters. The van der Waals surface area contributed by atoms with Gasteiger partial charge in [0.2, 0.25) is 0 Å². The second-order valence-electron chi connectivity index (χ2n) is 3.05. The Hall–Kier alpha value is 1.24. The third-order valence-corrected chi connectivity index (χ3v) is 3.28. The van der Waals surface area contributed by atoms with Crippen LogP contribution in [-0.2, 0) is 0 Å². The number of thiocarbonyl (C=S) groups is 1. The summed E-state index contributed by atoms with van der Waals surface area (Å²) in [5, 5.41) is 0. The fraction of sp³-hybridized carbons (Fsp3) is 0.889. The molecule has 0 heterocycles. The van der Waals surface area contributed by atoms with Crippen molar-refractivity contribution in [2.75, 3.05) is 5.75 Å². The van der Waals surface area contributed by atoms with Gasteiger partial charge >= 0.3 is 29.6 Å². The van der Waals surface area contributed by atoms with Crippen LogP contribution in [0.15, 0.2) is 0 Å². The van der Waals surface area contributed by atoms with E-state index in [0.29, 0.717) is 4.32 Å². The SMILES string of the molecule is CCCCC(CC)CSC(N)=S.[H-].[Na+]. The molecular weight excluding hydrogens is 209 g/mol. The molecule has 0 radical (unpaired) electrons. The van der Waals surface area contributed by atoms with Crippen LogP contribution in [-0.4, -0.2) is 10.1 Å². The molecule has 0 saturated carbocycles. The molecular formula is C9H20NNaS2. The summed E-state index contributed by atoms with van der Waals surface area (Å²) in [5.41, 5.74) is 5.42. The van der Waals surface area contributed by atoms with Gasteiger partial charge < -0.3 is 7.16 Å². The van der Waals surface area contributed by atoms with Gasteiger partial charge in [-0.2, -0.15) is 0 Å². The summed E-state index contributed by atoms with van der Waals surface area (Å²) in [7, 11) is 0. The van der Waals surface area contributed by atoms with Gasteiger partial charge in [0.1, 0.15) is 4.32 Å². The number of rotatable bonds is 6. The molecule has 1 nitrogen and oxygen atoms in total. The first-order valence-corrected chi connectivity index (χ1v) is 6.02. The third kappa shape index (κ3) is 11.2. The Labute approximate surface area is 115 Å². The van der Waals surface area contributed by atoms with Gasteiger partial charge in [-0.3, -0.25) is 0 Å². The smallest absolute Gasteiger partial charge is 1.00 e. The molecule has 4 heteroatoms. The Morgan fingerprint density at radius 1 is 1.54 bits per heavy atom. The zero-order chi connectivity index (χ0) is 9.40. The van der Waals surface area contributed by atoms with E-state index in [1.54, 1.807) is 11.8 Å². The van der Waals surface area contributed by atoms with E-state index in [1.807, 2.05) is 0 Å². The first-order chi connectivity index (χ1) is 5.70. The van der Waals surface area contributed by atoms with Crippen LogP contribution in [0.4, 0.5) is 0 Å². The molecule has 0 aliphatic rings. The average molecular weight is 229 g/mol. The van der Waals surface area contributed by atoms with Crippen molar-refractivity contribution in [2.24, 2.45) is 11.7 Å². The largest absolute Gasteiger partial charge is 1.00 e. The van der Waals surface area contributed by atoms with Crippen LogP contribution >= 0.6 is 24.0 Å². The van der Waals surface area contributed by atoms with Crippen molar-refractivity contribution in [1.82, 2.24) is 0 Å². The molecule has 0 aliphatic heterocycles.